The van der Waals surface area contributed by atoms with Crippen LogP contribution < -0.4 is 10.5 Å². The molecule has 1 heterocycles. The Morgan fingerprint density at radius 1 is 1.41 bits per heavy atom. The Labute approximate surface area is 107 Å². The number of para-hydroxylation sites is 1. The van der Waals surface area contributed by atoms with Gasteiger partial charge in [-0.2, -0.15) is 0 Å². The summed E-state index contributed by atoms with van der Waals surface area (Å²) in [5.41, 5.74) is 7.18. The summed E-state index contributed by atoms with van der Waals surface area (Å²) in [5, 5.41) is 0. The number of rotatable bonds is 2. The Kier molecular flexibility index (Phi) is 3.28. The maximum Gasteiger partial charge on any atom is 0.256 e. The first kappa shape index (κ1) is 11.9. The Morgan fingerprint density at radius 3 is 2.88 bits per heavy atom. The highest BCUT2D eigenvalue weighted by atomic mass is 79.9. The van der Waals surface area contributed by atoms with Crippen LogP contribution in [0.1, 0.15) is 5.56 Å². The minimum Gasteiger partial charge on any atom is -0.434 e. The summed E-state index contributed by atoms with van der Waals surface area (Å²) in [6, 6.07) is 6.60. The zero-order valence-corrected chi connectivity index (χ0v) is 10.7. The molecule has 88 valence electrons. The Bertz CT molecular complexity index is 560. The molecular weight excluding hydrogens is 287 g/mol. The normalized spacial score (nSPS) is 10.3. The number of nitrogens with two attached hydrogens (primary N) is 1. The molecule has 0 bridgehead atoms. The quantitative estimate of drug-likeness (QED) is 0.860. The van der Waals surface area contributed by atoms with Crippen LogP contribution >= 0.6 is 15.9 Å². The monoisotopic (exact) mass is 296 g/mol. The van der Waals surface area contributed by atoms with Crippen molar-refractivity contribution in [2.75, 3.05) is 5.73 Å². The van der Waals surface area contributed by atoms with Crippen LogP contribution in [0.4, 0.5) is 10.1 Å². The lowest BCUT2D eigenvalue weighted by Gasteiger charge is -2.09. The maximum atomic E-state index is 13.5. The van der Waals surface area contributed by atoms with E-state index in [-0.39, 0.29) is 5.88 Å². The fourth-order valence-electron chi connectivity index (χ4n) is 1.32. The van der Waals surface area contributed by atoms with Gasteiger partial charge in [-0.3, -0.25) is 0 Å². The number of aromatic nitrogens is 1. The van der Waals surface area contributed by atoms with Crippen molar-refractivity contribution >= 4 is 21.6 Å². The van der Waals surface area contributed by atoms with Crippen LogP contribution in [0.3, 0.4) is 0 Å². The van der Waals surface area contributed by atoms with Crippen molar-refractivity contribution in [3.8, 4) is 11.6 Å². The van der Waals surface area contributed by atoms with Crippen molar-refractivity contribution in [3.63, 3.8) is 0 Å². The van der Waals surface area contributed by atoms with Gasteiger partial charge in [0.1, 0.15) is 0 Å². The lowest BCUT2D eigenvalue weighted by molar-refractivity contribution is 0.424. The molecule has 2 N–H and O–H groups in total. The summed E-state index contributed by atoms with van der Waals surface area (Å²) in [6.07, 6.45) is 1.46. The molecule has 0 saturated carbocycles. The van der Waals surface area contributed by atoms with E-state index >= 15 is 0 Å². The molecule has 0 amide bonds. The summed E-state index contributed by atoms with van der Waals surface area (Å²) in [5.74, 6) is -0.232. The van der Waals surface area contributed by atoms with Gasteiger partial charge in [0.15, 0.2) is 11.6 Å². The van der Waals surface area contributed by atoms with Gasteiger partial charge in [0.05, 0.1) is 5.69 Å². The molecule has 0 spiro atoms. The van der Waals surface area contributed by atoms with E-state index < -0.39 is 5.82 Å². The first-order valence-corrected chi connectivity index (χ1v) is 5.71. The second kappa shape index (κ2) is 4.71. The summed E-state index contributed by atoms with van der Waals surface area (Å²) >= 11 is 3.13. The largest absolute Gasteiger partial charge is 0.434 e. The molecule has 5 heteroatoms. The zero-order chi connectivity index (χ0) is 12.4. The lowest BCUT2D eigenvalue weighted by atomic mass is 10.2. The second-order valence-corrected chi connectivity index (χ2v) is 4.44. The Hall–Kier alpha value is -1.62. The molecule has 2 rings (SSSR count). The number of ether oxygens (including phenoxy) is 1. The van der Waals surface area contributed by atoms with E-state index in [4.69, 9.17) is 10.5 Å². The van der Waals surface area contributed by atoms with Crippen LogP contribution in [-0.4, -0.2) is 4.98 Å². The van der Waals surface area contributed by atoms with Gasteiger partial charge in [-0.15, -0.1) is 0 Å². The molecule has 0 aliphatic heterocycles. The number of hydrogen-bond donors (Lipinski definition) is 1. The number of aryl methyl sites for hydroxylation is 1. The molecule has 1 aromatic heterocycles. The molecule has 0 radical (unpaired) electrons. The Morgan fingerprint density at radius 2 is 2.18 bits per heavy atom. The number of benzene rings is 1. The van der Waals surface area contributed by atoms with Gasteiger partial charge in [-0.1, -0.05) is 12.1 Å². The minimum absolute atomic E-state index is 0.0921. The average Bonchev–Trinajstić information content (AvgIpc) is 2.28. The van der Waals surface area contributed by atoms with Crippen LogP contribution in [0.25, 0.3) is 0 Å². The third-order valence-electron chi connectivity index (χ3n) is 2.26. The molecule has 17 heavy (non-hydrogen) atoms. The molecule has 0 aliphatic rings. The molecular formula is C12H10BrFN2O. The van der Waals surface area contributed by atoms with Crippen molar-refractivity contribution in [2.24, 2.45) is 0 Å². The smallest absolute Gasteiger partial charge is 0.256 e. The molecule has 0 atom stereocenters. The zero-order valence-electron chi connectivity index (χ0n) is 9.08. The average molecular weight is 297 g/mol. The maximum absolute atomic E-state index is 13.5. The first-order chi connectivity index (χ1) is 8.08. The van der Waals surface area contributed by atoms with Gasteiger partial charge < -0.3 is 10.5 Å². The van der Waals surface area contributed by atoms with Crippen LogP contribution in [0.5, 0.6) is 11.6 Å². The fourth-order valence-corrected chi connectivity index (χ4v) is 1.63. The highest BCUT2D eigenvalue weighted by Crippen LogP contribution is 2.30. The van der Waals surface area contributed by atoms with E-state index in [1.165, 1.54) is 12.3 Å². The molecule has 3 nitrogen and oxygen atoms in total. The predicted octanol–water partition coefficient (Wildman–Crippen LogP) is 3.67. The molecule has 2 aromatic rings. The van der Waals surface area contributed by atoms with E-state index in [2.05, 4.69) is 20.9 Å². The number of pyridine rings is 1. The summed E-state index contributed by atoms with van der Waals surface area (Å²) in [4.78, 5) is 3.84. The van der Waals surface area contributed by atoms with Gasteiger partial charge in [0, 0.05) is 10.7 Å². The number of anilines is 1. The van der Waals surface area contributed by atoms with Crippen molar-refractivity contribution in [1.29, 1.82) is 0 Å². The summed E-state index contributed by atoms with van der Waals surface area (Å²) < 4.78 is 19.4. The predicted molar refractivity (Wildman–Crippen MR) is 67.6 cm³/mol. The van der Waals surface area contributed by atoms with Crippen molar-refractivity contribution in [2.45, 2.75) is 6.92 Å². The molecule has 0 aliphatic carbocycles. The van der Waals surface area contributed by atoms with Crippen LogP contribution in [-0.2, 0) is 0 Å². The number of nitrogens with zero attached hydrogens (tertiary/aromatic N) is 1. The van der Waals surface area contributed by atoms with Gasteiger partial charge in [0.25, 0.3) is 5.88 Å². The van der Waals surface area contributed by atoms with E-state index in [0.29, 0.717) is 15.9 Å². The van der Waals surface area contributed by atoms with Crippen molar-refractivity contribution in [1.82, 2.24) is 4.98 Å². The molecule has 1 aromatic carbocycles. The lowest BCUT2D eigenvalue weighted by Crippen LogP contribution is -1.97. The van der Waals surface area contributed by atoms with Gasteiger partial charge >= 0.3 is 0 Å². The van der Waals surface area contributed by atoms with Crippen LogP contribution in [0, 0.1) is 12.7 Å². The molecule has 0 saturated heterocycles. The SMILES string of the molecule is Cc1cccc(Oc2ncc(Br)cc2F)c1N. The van der Waals surface area contributed by atoms with Gasteiger partial charge in [-0.25, -0.2) is 9.37 Å². The molecule has 0 unspecified atom stereocenters. The van der Waals surface area contributed by atoms with E-state index in [1.807, 2.05) is 13.0 Å². The van der Waals surface area contributed by atoms with Crippen LogP contribution in [0.2, 0.25) is 0 Å². The topological polar surface area (TPSA) is 48.1 Å². The molecule has 0 fully saturated rings. The Balaban J connectivity index is 2.35. The third-order valence-corrected chi connectivity index (χ3v) is 2.70. The van der Waals surface area contributed by atoms with Gasteiger partial charge in [0.2, 0.25) is 0 Å². The number of hydrogen-bond acceptors (Lipinski definition) is 3. The highest BCUT2D eigenvalue weighted by molar-refractivity contribution is 9.10. The summed E-state index contributed by atoms with van der Waals surface area (Å²) in [6.45, 7) is 1.85. The third kappa shape index (κ3) is 2.55. The van der Waals surface area contributed by atoms with E-state index in [9.17, 15) is 4.39 Å². The summed E-state index contributed by atoms with van der Waals surface area (Å²) in [7, 11) is 0. The number of nitrogen functional groups attached to an aromatic ring is 1. The number of halogens is 2. The highest BCUT2D eigenvalue weighted by Gasteiger charge is 2.09. The second-order valence-electron chi connectivity index (χ2n) is 3.53. The van der Waals surface area contributed by atoms with Crippen LogP contribution in [0.15, 0.2) is 34.9 Å². The standard InChI is InChI=1S/C12H10BrFN2O/c1-7-3-2-4-10(11(7)15)17-12-9(14)5-8(13)6-16-12/h2-6H,15H2,1H3. The first-order valence-electron chi connectivity index (χ1n) is 4.92. The van der Waals surface area contributed by atoms with Crippen molar-refractivity contribution in [3.05, 3.63) is 46.3 Å². The van der Waals surface area contributed by atoms with Gasteiger partial charge in [-0.05, 0) is 40.5 Å². The fraction of sp³-hybridized carbons (Fsp3) is 0.0833. The van der Waals surface area contributed by atoms with E-state index in [1.54, 1.807) is 12.1 Å². The minimum atomic E-state index is -0.541. The van der Waals surface area contributed by atoms with Crippen molar-refractivity contribution < 1.29 is 9.13 Å². The van der Waals surface area contributed by atoms with E-state index in [0.717, 1.165) is 5.56 Å².